The smallest absolute Gasteiger partial charge is 0.237 e. The van der Waals surface area contributed by atoms with Crippen LogP contribution in [0.4, 0.5) is 0 Å². The molecule has 2 fully saturated rings. The standard InChI is InChI=1S/C23H29N3O2S/c27-22(25-11-8-19(9-12-25)15-18-5-2-1-3-6-18)16-21-23(28)24-10-13-26(21)17-20-7-4-14-29-20/h1-7,14,19,21H,8-13,15-17H2,(H,24,28)/t21-/m1/s1. The van der Waals surface area contributed by atoms with E-state index in [1.54, 1.807) is 11.3 Å². The van der Waals surface area contributed by atoms with Crippen molar-refractivity contribution in [3.63, 3.8) is 0 Å². The van der Waals surface area contributed by atoms with Gasteiger partial charge in [0.2, 0.25) is 11.8 Å². The number of benzene rings is 1. The second-order valence-electron chi connectivity index (χ2n) is 8.07. The molecule has 1 N–H and O–H groups in total. The monoisotopic (exact) mass is 411 g/mol. The van der Waals surface area contributed by atoms with E-state index in [-0.39, 0.29) is 24.3 Å². The lowest BCUT2D eigenvalue weighted by Gasteiger charge is -2.37. The number of piperidine rings is 1. The first-order valence-electron chi connectivity index (χ1n) is 10.5. The van der Waals surface area contributed by atoms with Gasteiger partial charge in [-0.2, -0.15) is 0 Å². The number of likely N-dealkylation sites (tertiary alicyclic amines) is 1. The Kier molecular flexibility index (Phi) is 6.62. The molecular weight excluding hydrogens is 382 g/mol. The zero-order valence-electron chi connectivity index (χ0n) is 16.8. The fraction of sp³-hybridized carbons (Fsp3) is 0.478. The summed E-state index contributed by atoms with van der Waals surface area (Å²) >= 11 is 1.70. The average Bonchev–Trinajstić information content (AvgIpc) is 3.25. The van der Waals surface area contributed by atoms with Gasteiger partial charge < -0.3 is 10.2 Å². The number of carbonyl (C=O) groups excluding carboxylic acids is 2. The molecule has 1 aromatic heterocycles. The van der Waals surface area contributed by atoms with E-state index >= 15 is 0 Å². The normalized spacial score (nSPS) is 21.2. The predicted octanol–water partition coefficient (Wildman–Crippen LogP) is 2.92. The van der Waals surface area contributed by atoms with E-state index < -0.39 is 0 Å². The van der Waals surface area contributed by atoms with Crippen molar-refractivity contribution in [3.8, 4) is 0 Å². The predicted molar refractivity (Wildman–Crippen MR) is 116 cm³/mol. The van der Waals surface area contributed by atoms with Gasteiger partial charge in [0, 0.05) is 37.6 Å². The minimum Gasteiger partial charge on any atom is -0.353 e. The molecule has 0 spiro atoms. The van der Waals surface area contributed by atoms with Crippen molar-refractivity contribution in [1.82, 2.24) is 15.1 Å². The Morgan fingerprint density at radius 2 is 1.86 bits per heavy atom. The van der Waals surface area contributed by atoms with Gasteiger partial charge in [0.15, 0.2) is 0 Å². The minimum atomic E-state index is -0.361. The number of hydrogen-bond donors (Lipinski definition) is 1. The van der Waals surface area contributed by atoms with Gasteiger partial charge in [-0.25, -0.2) is 0 Å². The van der Waals surface area contributed by atoms with Gasteiger partial charge in [-0.05, 0) is 42.2 Å². The number of nitrogens with one attached hydrogen (secondary N) is 1. The molecule has 3 heterocycles. The second kappa shape index (κ2) is 9.55. The van der Waals surface area contributed by atoms with Crippen LogP contribution in [-0.2, 0) is 22.6 Å². The number of carbonyl (C=O) groups is 2. The van der Waals surface area contributed by atoms with E-state index in [1.165, 1.54) is 10.4 Å². The number of nitrogens with zero attached hydrogens (tertiary/aromatic N) is 2. The van der Waals surface area contributed by atoms with Crippen molar-refractivity contribution in [3.05, 3.63) is 58.3 Å². The van der Waals surface area contributed by atoms with Gasteiger partial charge in [0.05, 0.1) is 12.5 Å². The maximum absolute atomic E-state index is 12.9. The molecule has 2 aliphatic rings. The zero-order valence-corrected chi connectivity index (χ0v) is 17.6. The van der Waals surface area contributed by atoms with Crippen molar-refractivity contribution in [1.29, 1.82) is 0 Å². The van der Waals surface area contributed by atoms with E-state index in [1.807, 2.05) is 17.0 Å². The van der Waals surface area contributed by atoms with Crippen LogP contribution in [-0.4, -0.2) is 53.8 Å². The van der Waals surface area contributed by atoms with Gasteiger partial charge in [0.1, 0.15) is 0 Å². The van der Waals surface area contributed by atoms with Crippen LogP contribution in [0.25, 0.3) is 0 Å². The highest BCUT2D eigenvalue weighted by molar-refractivity contribution is 7.09. The summed E-state index contributed by atoms with van der Waals surface area (Å²) in [5.74, 6) is 0.733. The number of hydrogen-bond acceptors (Lipinski definition) is 4. The van der Waals surface area contributed by atoms with E-state index in [2.05, 4.69) is 45.9 Å². The third-order valence-electron chi connectivity index (χ3n) is 6.08. The van der Waals surface area contributed by atoms with E-state index in [9.17, 15) is 9.59 Å². The molecule has 0 aliphatic carbocycles. The number of amides is 2. The lowest BCUT2D eigenvalue weighted by Crippen LogP contribution is -2.56. The van der Waals surface area contributed by atoms with Crippen LogP contribution < -0.4 is 5.32 Å². The molecule has 0 saturated carbocycles. The van der Waals surface area contributed by atoms with E-state index in [0.717, 1.165) is 45.4 Å². The fourth-order valence-electron chi connectivity index (χ4n) is 4.40. The first-order chi connectivity index (χ1) is 14.2. The molecule has 0 radical (unpaired) electrons. The molecule has 0 bridgehead atoms. The van der Waals surface area contributed by atoms with Crippen LogP contribution in [0.3, 0.4) is 0 Å². The summed E-state index contributed by atoms with van der Waals surface area (Å²) in [4.78, 5) is 30.8. The quantitative estimate of drug-likeness (QED) is 0.795. The van der Waals surface area contributed by atoms with Crippen molar-refractivity contribution >= 4 is 23.2 Å². The summed E-state index contributed by atoms with van der Waals surface area (Å²) in [5.41, 5.74) is 1.38. The van der Waals surface area contributed by atoms with Crippen molar-refractivity contribution in [2.45, 2.75) is 38.3 Å². The Hall–Kier alpha value is -2.18. The number of rotatable bonds is 6. The summed E-state index contributed by atoms with van der Waals surface area (Å²) in [6.07, 6.45) is 3.44. The maximum atomic E-state index is 12.9. The van der Waals surface area contributed by atoms with Crippen LogP contribution in [0.15, 0.2) is 47.8 Å². The molecule has 154 valence electrons. The van der Waals surface area contributed by atoms with Gasteiger partial charge in [-0.15, -0.1) is 11.3 Å². The first kappa shape index (κ1) is 20.1. The van der Waals surface area contributed by atoms with Crippen LogP contribution in [0.1, 0.15) is 29.7 Å². The number of piperazine rings is 1. The lowest BCUT2D eigenvalue weighted by molar-refractivity contribution is -0.140. The van der Waals surface area contributed by atoms with Crippen molar-refractivity contribution in [2.75, 3.05) is 26.2 Å². The highest BCUT2D eigenvalue weighted by Gasteiger charge is 2.34. The SMILES string of the molecule is O=C1NCCN(Cc2cccs2)[C@@H]1CC(=O)N1CCC(Cc2ccccc2)CC1. The molecule has 5 nitrogen and oxygen atoms in total. The molecule has 2 aromatic rings. The highest BCUT2D eigenvalue weighted by Crippen LogP contribution is 2.23. The van der Waals surface area contributed by atoms with E-state index in [0.29, 0.717) is 12.5 Å². The second-order valence-corrected chi connectivity index (χ2v) is 9.11. The summed E-state index contributed by atoms with van der Waals surface area (Å²) < 4.78 is 0. The van der Waals surface area contributed by atoms with Crippen molar-refractivity contribution in [2.24, 2.45) is 5.92 Å². The largest absolute Gasteiger partial charge is 0.353 e. The van der Waals surface area contributed by atoms with E-state index in [4.69, 9.17) is 0 Å². The molecule has 6 heteroatoms. The molecular formula is C23H29N3O2S. The molecule has 2 aliphatic heterocycles. The van der Waals surface area contributed by atoms with Crippen LogP contribution in [0.2, 0.25) is 0 Å². The van der Waals surface area contributed by atoms with Gasteiger partial charge in [-0.1, -0.05) is 36.4 Å². The molecule has 29 heavy (non-hydrogen) atoms. The minimum absolute atomic E-state index is 0.0138. The summed E-state index contributed by atoms with van der Waals surface area (Å²) in [5, 5.41) is 4.99. The molecule has 2 amide bonds. The topological polar surface area (TPSA) is 52.7 Å². The first-order valence-corrected chi connectivity index (χ1v) is 11.4. The number of thiophene rings is 1. The Labute approximate surface area is 176 Å². The molecule has 2 saturated heterocycles. The van der Waals surface area contributed by atoms with Crippen LogP contribution in [0.5, 0.6) is 0 Å². The Morgan fingerprint density at radius 3 is 2.59 bits per heavy atom. The van der Waals surface area contributed by atoms with Gasteiger partial charge in [-0.3, -0.25) is 14.5 Å². The third-order valence-corrected chi connectivity index (χ3v) is 6.94. The Morgan fingerprint density at radius 1 is 1.07 bits per heavy atom. The van der Waals surface area contributed by atoms with Gasteiger partial charge in [0.25, 0.3) is 0 Å². The summed E-state index contributed by atoms with van der Waals surface area (Å²) in [6, 6.07) is 14.4. The average molecular weight is 412 g/mol. The maximum Gasteiger partial charge on any atom is 0.237 e. The van der Waals surface area contributed by atoms with Crippen molar-refractivity contribution < 1.29 is 9.59 Å². The molecule has 1 atom stereocenters. The Bertz CT molecular complexity index is 801. The van der Waals surface area contributed by atoms with Crippen LogP contribution >= 0.6 is 11.3 Å². The summed E-state index contributed by atoms with van der Waals surface area (Å²) in [6.45, 7) is 3.79. The molecule has 4 rings (SSSR count). The third kappa shape index (κ3) is 5.25. The zero-order chi connectivity index (χ0) is 20.1. The highest BCUT2D eigenvalue weighted by atomic mass is 32.1. The van der Waals surface area contributed by atoms with Gasteiger partial charge >= 0.3 is 0 Å². The van der Waals surface area contributed by atoms with Crippen LogP contribution in [0, 0.1) is 5.92 Å². The fourth-order valence-corrected chi connectivity index (χ4v) is 5.13. The molecule has 1 aromatic carbocycles. The Balaban J connectivity index is 1.30. The summed E-state index contributed by atoms with van der Waals surface area (Å²) in [7, 11) is 0. The molecule has 0 unspecified atom stereocenters. The lowest BCUT2D eigenvalue weighted by atomic mass is 9.90.